The number of hydrogen-bond donors (Lipinski definition) is 1. The Bertz CT molecular complexity index is 264. The Morgan fingerprint density at radius 1 is 0.947 bits per heavy atom. The van der Waals surface area contributed by atoms with Crippen molar-refractivity contribution >= 4 is 0 Å². The highest BCUT2D eigenvalue weighted by atomic mass is 16.3. The van der Waals surface area contributed by atoms with Gasteiger partial charge in [-0.1, -0.05) is 41.5 Å². The highest BCUT2D eigenvalue weighted by Crippen LogP contribution is 2.34. The minimum absolute atomic E-state index is 0.225. The standard InChI is InChI=1S/C17H35NO/c1-15(2,3)8-7-11-18-12-9-17(19,10-13-18)14-16(4,5)6/h19H,7-14H2,1-6H3. The van der Waals surface area contributed by atoms with Gasteiger partial charge < -0.3 is 10.0 Å². The molecule has 1 heterocycles. The molecule has 0 amide bonds. The Labute approximate surface area is 120 Å². The van der Waals surface area contributed by atoms with Crippen molar-refractivity contribution in [2.24, 2.45) is 10.8 Å². The van der Waals surface area contributed by atoms with Crippen molar-refractivity contribution < 1.29 is 5.11 Å². The largest absolute Gasteiger partial charge is 0.390 e. The van der Waals surface area contributed by atoms with Gasteiger partial charge in [0.1, 0.15) is 0 Å². The van der Waals surface area contributed by atoms with Crippen molar-refractivity contribution in [3.05, 3.63) is 0 Å². The Balaban J connectivity index is 2.29. The Kier molecular flexibility index (Phi) is 5.48. The first-order valence-corrected chi connectivity index (χ1v) is 7.94. The predicted molar refractivity (Wildman–Crippen MR) is 83.4 cm³/mol. The van der Waals surface area contributed by atoms with Crippen LogP contribution in [0.5, 0.6) is 0 Å². The van der Waals surface area contributed by atoms with Gasteiger partial charge in [0.05, 0.1) is 5.60 Å². The normalized spacial score (nSPS) is 21.6. The highest BCUT2D eigenvalue weighted by molar-refractivity contribution is 4.89. The van der Waals surface area contributed by atoms with Crippen molar-refractivity contribution in [2.75, 3.05) is 19.6 Å². The summed E-state index contributed by atoms with van der Waals surface area (Å²) < 4.78 is 0. The second-order valence-corrected chi connectivity index (χ2v) is 8.97. The second-order valence-electron chi connectivity index (χ2n) is 8.97. The minimum Gasteiger partial charge on any atom is -0.390 e. The lowest BCUT2D eigenvalue weighted by molar-refractivity contribution is -0.0490. The van der Waals surface area contributed by atoms with Crippen LogP contribution in [0.2, 0.25) is 0 Å². The van der Waals surface area contributed by atoms with E-state index in [9.17, 15) is 5.11 Å². The molecule has 0 saturated carbocycles. The molecule has 0 radical (unpaired) electrons. The number of rotatable bonds is 4. The monoisotopic (exact) mass is 269 g/mol. The SMILES string of the molecule is CC(C)(C)CCCN1CCC(O)(CC(C)(C)C)CC1. The van der Waals surface area contributed by atoms with E-state index in [4.69, 9.17) is 0 Å². The molecule has 0 aromatic rings. The highest BCUT2D eigenvalue weighted by Gasteiger charge is 2.35. The minimum atomic E-state index is -0.418. The van der Waals surface area contributed by atoms with Gasteiger partial charge in [0.25, 0.3) is 0 Å². The zero-order valence-corrected chi connectivity index (χ0v) is 14.1. The van der Waals surface area contributed by atoms with Crippen LogP contribution in [0, 0.1) is 10.8 Å². The molecule has 1 saturated heterocycles. The van der Waals surface area contributed by atoms with Crippen LogP contribution in [0.4, 0.5) is 0 Å². The molecular weight excluding hydrogens is 234 g/mol. The molecule has 2 heteroatoms. The summed E-state index contributed by atoms with van der Waals surface area (Å²) in [5.41, 5.74) is 0.255. The van der Waals surface area contributed by atoms with E-state index in [-0.39, 0.29) is 5.41 Å². The van der Waals surface area contributed by atoms with Gasteiger partial charge in [-0.2, -0.15) is 0 Å². The van der Waals surface area contributed by atoms with Crippen LogP contribution in [0.25, 0.3) is 0 Å². The summed E-state index contributed by atoms with van der Waals surface area (Å²) in [6, 6.07) is 0. The molecule has 0 aromatic heterocycles. The molecule has 0 aromatic carbocycles. The average Bonchev–Trinajstić information content (AvgIpc) is 2.16. The molecule has 19 heavy (non-hydrogen) atoms. The summed E-state index contributed by atoms with van der Waals surface area (Å²) in [6.07, 6.45) is 5.38. The van der Waals surface area contributed by atoms with Gasteiger partial charge >= 0.3 is 0 Å². The summed E-state index contributed by atoms with van der Waals surface area (Å²) in [4.78, 5) is 2.53. The summed E-state index contributed by atoms with van der Waals surface area (Å²) >= 11 is 0. The van der Waals surface area contributed by atoms with E-state index in [0.717, 1.165) is 32.4 Å². The van der Waals surface area contributed by atoms with Crippen molar-refractivity contribution in [3.63, 3.8) is 0 Å². The molecule has 0 atom stereocenters. The van der Waals surface area contributed by atoms with Crippen molar-refractivity contribution in [3.8, 4) is 0 Å². The lowest BCUT2D eigenvalue weighted by atomic mass is 9.77. The Morgan fingerprint density at radius 2 is 1.47 bits per heavy atom. The van der Waals surface area contributed by atoms with Gasteiger partial charge in [0.15, 0.2) is 0 Å². The molecule has 1 fully saturated rings. The van der Waals surface area contributed by atoms with Gasteiger partial charge in [-0.25, -0.2) is 0 Å². The zero-order valence-electron chi connectivity index (χ0n) is 14.1. The smallest absolute Gasteiger partial charge is 0.0677 e. The number of likely N-dealkylation sites (tertiary alicyclic amines) is 1. The topological polar surface area (TPSA) is 23.5 Å². The molecule has 1 N–H and O–H groups in total. The van der Waals surface area contributed by atoms with Crippen LogP contribution >= 0.6 is 0 Å². The van der Waals surface area contributed by atoms with Gasteiger partial charge in [-0.3, -0.25) is 0 Å². The summed E-state index contributed by atoms with van der Waals surface area (Å²) in [7, 11) is 0. The fourth-order valence-electron chi connectivity index (χ4n) is 3.19. The molecular formula is C17H35NO. The zero-order chi connectivity index (χ0) is 14.7. The predicted octanol–water partition coefficient (Wildman–Crippen LogP) is 4.08. The molecule has 1 rings (SSSR count). The lowest BCUT2D eigenvalue weighted by Crippen LogP contribution is -2.46. The third kappa shape index (κ3) is 7.31. The maximum absolute atomic E-state index is 10.7. The molecule has 0 bridgehead atoms. The third-order valence-electron chi connectivity index (χ3n) is 4.05. The van der Waals surface area contributed by atoms with E-state index >= 15 is 0 Å². The first kappa shape index (κ1) is 17.0. The van der Waals surface area contributed by atoms with Crippen LogP contribution in [-0.4, -0.2) is 35.2 Å². The maximum atomic E-state index is 10.7. The van der Waals surface area contributed by atoms with E-state index in [2.05, 4.69) is 46.4 Å². The van der Waals surface area contributed by atoms with E-state index in [0.29, 0.717) is 5.41 Å². The van der Waals surface area contributed by atoms with Gasteiger partial charge in [0, 0.05) is 13.1 Å². The summed E-state index contributed by atoms with van der Waals surface area (Å²) in [5.74, 6) is 0. The summed E-state index contributed by atoms with van der Waals surface area (Å²) in [6.45, 7) is 16.9. The lowest BCUT2D eigenvalue weighted by Gasteiger charge is -2.41. The molecule has 0 unspecified atom stereocenters. The van der Waals surface area contributed by atoms with Crippen molar-refractivity contribution in [1.29, 1.82) is 0 Å². The molecule has 2 nitrogen and oxygen atoms in total. The molecule has 1 aliphatic rings. The summed E-state index contributed by atoms with van der Waals surface area (Å²) in [5, 5.41) is 10.7. The van der Waals surface area contributed by atoms with Gasteiger partial charge in [-0.15, -0.1) is 0 Å². The average molecular weight is 269 g/mol. The third-order valence-corrected chi connectivity index (χ3v) is 4.05. The van der Waals surface area contributed by atoms with Crippen LogP contribution < -0.4 is 0 Å². The van der Waals surface area contributed by atoms with E-state index in [1.54, 1.807) is 0 Å². The first-order valence-electron chi connectivity index (χ1n) is 7.94. The van der Waals surface area contributed by atoms with E-state index in [1.165, 1.54) is 19.4 Å². The number of aliphatic hydroxyl groups is 1. The van der Waals surface area contributed by atoms with Gasteiger partial charge in [-0.05, 0) is 49.5 Å². The number of hydrogen-bond acceptors (Lipinski definition) is 2. The second kappa shape index (κ2) is 6.13. The van der Waals surface area contributed by atoms with Crippen molar-refractivity contribution in [1.82, 2.24) is 4.90 Å². The quantitative estimate of drug-likeness (QED) is 0.831. The van der Waals surface area contributed by atoms with E-state index < -0.39 is 5.60 Å². The fourth-order valence-corrected chi connectivity index (χ4v) is 3.19. The van der Waals surface area contributed by atoms with E-state index in [1.807, 2.05) is 0 Å². The molecule has 114 valence electrons. The van der Waals surface area contributed by atoms with Crippen LogP contribution in [0.3, 0.4) is 0 Å². The van der Waals surface area contributed by atoms with Gasteiger partial charge in [0.2, 0.25) is 0 Å². The van der Waals surface area contributed by atoms with Crippen LogP contribution in [-0.2, 0) is 0 Å². The molecule has 0 spiro atoms. The maximum Gasteiger partial charge on any atom is 0.0677 e. The Morgan fingerprint density at radius 3 is 1.89 bits per heavy atom. The Hall–Kier alpha value is -0.0800. The van der Waals surface area contributed by atoms with Crippen LogP contribution in [0.15, 0.2) is 0 Å². The molecule has 0 aliphatic carbocycles. The molecule has 1 aliphatic heterocycles. The van der Waals surface area contributed by atoms with Crippen LogP contribution in [0.1, 0.15) is 73.6 Å². The number of piperidine rings is 1. The first-order chi connectivity index (χ1) is 8.49. The number of nitrogens with zero attached hydrogens (tertiary/aromatic N) is 1. The fraction of sp³-hybridized carbons (Fsp3) is 1.00. The van der Waals surface area contributed by atoms with Crippen molar-refractivity contribution in [2.45, 2.75) is 79.2 Å².